The molecule has 4 N–H and O–H groups in total. The lowest BCUT2D eigenvalue weighted by Crippen LogP contribution is -2.60. The van der Waals surface area contributed by atoms with E-state index >= 15 is 0 Å². The fourth-order valence-electron chi connectivity index (χ4n) is 3.88. The molecule has 0 unspecified atom stereocenters. The molecule has 4 rings (SSSR count). The maximum atomic E-state index is 12.5. The SMILES string of the molecule is Cc1cc(C(=O)N[C@@H]2CO[C@H](Cn3c(=O)[nH]c(=O)c4ccccc43)[C@@H](O)[C@H]2O)c(C)o1. The van der Waals surface area contributed by atoms with Crippen molar-refractivity contribution in [3.8, 4) is 0 Å². The number of fused-ring (bicyclic) bond motifs is 1. The first-order valence-corrected chi connectivity index (χ1v) is 9.83. The molecule has 1 fully saturated rings. The van der Waals surface area contributed by atoms with Gasteiger partial charge in [-0.2, -0.15) is 0 Å². The van der Waals surface area contributed by atoms with E-state index in [2.05, 4.69) is 10.3 Å². The third-order valence-corrected chi connectivity index (χ3v) is 5.50. The number of rotatable bonds is 4. The van der Waals surface area contributed by atoms with Gasteiger partial charge in [-0.3, -0.25) is 19.1 Å². The highest BCUT2D eigenvalue weighted by Crippen LogP contribution is 2.20. The number of hydrogen-bond acceptors (Lipinski definition) is 7. The predicted molar refractivity (Wildman–Crippen MR) is 110 cm³/mol. The van der Waals surface area contributed by atoms with Crippen molar-refractivity contribution in [3.05, 3.63) is 68.3 Å². The van der Waals surface area contributed by atoms with Crippen LogP contribution in [0.25, 0.3) is 10.9 Å². The number of carbonyl (C=O) groups is 1. The molecule has 4 atom stereocenters. The van der Waals surface area contributed by atoms with Crippen LogP contribution in [0.1, 0.15) is 21.9 Å². The summed E-state index contributed by atoms with van der Waals surface area (Å²) in [5.41, 5.74) is -0.417. The molecule has 0 spiro atoms. The van der Waals surface area contributed by atoms with Crippen LogP contribution in [0.15, 0.2) is 44.3 Å². The van der Waals surface area contributed by atoms with Gasteiger partial charge in [0.05, 0.1) is 35.7 Å². The van der Waals surface area contributed by atoms with E-state index in [9.17, 15) is 24.6 Å². The van der Waals surface area contributed by atoms with Gasteiger partial charge in [0, 0.05) is 0 Å². The lowest BCUT2D eigenvalue weighted by Gasteiger charge is -2.38. The lowest BCUT2D eigenvalue weighted by atomic mass is 9.97. The number of nitrogens with one attached hydrogen (secondary N) is 2. The first-order chi connectivity index (χ1) is 14.8. The number of aromatic nitrogens is 2. The molecule has 1 saturated heterocycles. The van der Waals surface area contributed by atoms with Crippen LogP contribution in [-0.2, 0) is 11.3 Å². The minimum absolute atomic E-state index is 0.0689. The molecule has 0 aliphatic carbocycles. The Bertz CT molecular complexity index is 1240. The summed E-state index contributed by atoms with van der Waals surface area (Å²) in [5.74, 6) is 0.584. The third kappa shape index (κ3) is 3.92. The number of furan rings is 1. The first-order valence-electron chi connectivity index (χ1n) is 9.83. The van der Waals surface area contributed by atoms with Crippen LogP contribution in [-0.4, -0.2) is 56.6 Å². The van der Waals surface area contributed by atoms with E-state index in [1.54, 1.807) is 44.2 Å². The quantitative estimate of drug-likeness (QED) is 0.450. The van der Waals surface area contributed by atoms with Crippen molar-refractivity contribution in [2.75, 3.05) is 6.61 Å². The summed E-state index contributed by atoms with van der Waals surface area (Å²) in [6.45, 7) is 3.22. The van der Waals surface area contributed by atoms with Crippen LogP contribution in [0.5, 0.6) is 0 Å². The molecule has 3 heterocycles. The minimum atomic E-state index is -1.37. The van der Waals surface area contributed by atoms with Gasteiger partial charge in [0.1, 0.15) is 29.8 Å². The second-order valence-corrected chi connectivity index (χ2v) is 7.65. The highest BCUT2D eigenvalue weighted by molar-refractivity contribution is 5.95. The second-order valence-electron chi connectivity index (χ2n) is 7.65. The minimum Gasteiger partial charge on any atom is -0.466 e. The van der Waals surface area contributed by atoms with Crippen molar-refractivity contribution >= 4 is 16.8 Å². The molecule has 31 heavy (non-hydrogen) atoms. The maximum Gasteiger partial charge on any atom is 0.328 e. The van der Waals surface area contributed by atoms with Gasteiger partial charge in [0.15, 0.2) is 0 Å². The average Bonchev–Trinajstić information content (AvgIpc) is 3.08. The highest BCUT2D eigenvalue weighted by atomic mass is 16.5. The topological polar surface area (TPSA) is 147 Å². The van der Waals surface area contributed by atoms with Crippen LogP contribution < -0.4 is 16.6 Å². The van der Waals surface area contributed by atoms with Crippen molar-refractivity contribution in [1.82, 2.24) is 14.9 Å². The van der Waals surface area contributed by atoms with Gasteiger partial charge < -0.3 is 24.7 Å². The van der Waals surface area contributed by atoms with Gasteiger partial charge >= 0.3 is 5.69 Å². The number of aryl methyl sites for hydroxylation is 2. The Balaban J connectivity index is 1.51. The molecule has 10 heteroatoms. The third-order valence-electron chi connectivity index (χ3n) is 5.50. The summed E-state index contributed by atoms with van der Waals surface area (Å²) in [6, 6.07) is 7.32. The van der Waals surface area contributed by atoms with E-state index in [1.807, 2.05) is 0 Å². The Morgan fingerprint density at radius 3 is 2.68 bits per heavy atom. The number of nitrogens with zero attached hydrogens (tertiary/aromatic N) is 1. The Morgan fingerprint density at radius 2 is 1.97 bits per heavy atom. The summed E-state index contributed by atoms with van der Waals surface area (Å²) in [5, 5.41) is 24.1. The zero-order valence-electron chi connectivity index (χ0n) is 17.0. The molecule has 1 amide bonds. The van der Waals surface area contributed by atoms with E-state index < -0.39 is 41.5 Å². The van der Waals surface area contributed by atoms with Crippen molar-refractivity contribution in [3.63, 3.8) is 0 Å². The largest absolute Gasteiger partial charge is 0.466 e. The van der Waals surface area contributed by atoms with Crippen LogP contribution >= 0.6 is 0 Å². The standard InChI is InChI=1S/C21H23N3O7/c1-10-7-13(11(2)31-10)20(28)22-14-9-30-16(18(26)17(14)25)8-24-15-6-4-3-5-12(15)19(27)23-21(24)29/h3-7,14,16-18,25-26H,8-9H2,1-2H3,(H,22,28)(H,23,27,29)/t14-,16-,17+,18-/m1/s1. The number of ether oxygens (including phenoxy) is 1. The molecule has 2 aromatic heterocycles. The highest BCUT2D eigenvalue weighted by Gasteiger charge is 2.40. The fraction of sp³-hybridized carbons (Fsp3) is 0.381. The molecule has 1 aromatic carbocycles. The number of aliphatic hydroxyl groups is 2. The smallest absolute Gasteiger partial charge is 0.328 e. The molecule has 1 aliphatic rings. The Kier molecular flexibility index (Phi) is 5.52. The van der Waals surface area contributed by atoms with E-state index in [-0.39, 0.29) is 13.2 Å². The molecule has 164 valence electrons. The lowest BCUT2D eigenvalue weighted by molar-refractivity contribution is -0.152. The fourth-order valence-corrected chi connectivity index (χ4v) is 3.88. The van der Waals surface area contributed by atoms with Crippen LogP contribution in [0.3, 0.4) is 0 Å². The van der Waals surface area contributed by atoms with E-state index in [0.29, 0.717) is 28.0 Å². The molecular formula is C21H23N3O7. The summed E-state index contributed by atoms with van der Waals surface area (Å²) in [4.78, 5) is 39.1. The Labute approximate surface area is 176 Å². The molecule has 0 bridgehead atoms. The van der Waals surface area contributed by atoms with Crippen LogP contribution in [0, 0.1) is 13.8 Å². The molecule has 3 aromatic rings. The summed E-state index contributed by atoms with van der Waals surface area (Å²) >= 11 is 0. The monoisotopic (exact) mass is 429 g/mol. The number of aliphatic hydroxyl groups excluding tert-OH is 2. The number of para-hydroxylation sites is 1. The Morgan fingerprint density at radius 1 is 1.23 bits per heavy atom. The summed E-state index contributed by atoms with van der Waals surface area (Å²) in [6.07, 6.45) is -3.61. The average molecular weight is 429 g/mol. The number of benzene rings is 1. The van der Waals surface area contributed by atoms with E-state index in [1.165, 1.54) is 4.57 Å². The summed E-state index contributed by atoms with van der Waals surface area (Å²) < 4.78 is 12.3. The van der Waals surface area contributed by atoms with Gasteiger partial charge in [0.25, 0.3) is 11.5 Å². The number of carbonyl (C=O) groups excluding carboxylic acids is 1. The van der Waals surface area contributed by atoms with E-state index in [4.69, 9.17) is 9.15 Å². The number of amides is 1. The second kappa shape index (κ2) is 8.14. The zero-order chi connectivity index (χ0) is 22.3. The Hall–Kier alpha value is -3.21. The van der Waals surface area contributed by atoms with E-state index in [0.717, 1.165) is 0 Å². The van der Waals surface area contributed by atoms with Gasteiger partial charge in [-0.15, -0.1) is 0 Å². The van der Waals surface area contributed by atoms with Crippen molar-refractivity contribution in [2.45, 2.75) is 44.7 Å². The van der Waals surface area contributed by atoms with Crippen molar-refractivity contribution in [1.29, 1.82) is 0 Å². The number of hydrogen-bond donors (Lipinski definition) is 4. The molecule has 10 nitrogen and oxygen atoms in total. The normalized spacial score (nSPS) is 23.7. The molecule has 1 aliphatic heterocycles. The maximum absolute atomic E-state index is 12.5. The van der Waals surface area contributed by atoms with Crippen LogP contribution in [0.4, 0.5) is 0 Å². The molecule has 0 saturated carbocycles. The predicted octanol–water partition coefficient (Wildman–Crippen LogP) is -0.181. The summed E-state index contributed by atoms with van der Waals surface area (Å²) in [7, 11) is 0. The number of H-pyrrole nitrogens is 1. The van der Waals surface area contributed by atoms with Gasteiger partial charge in [-0.05, 0) is 32.0 Å². The number of aromatic amines is 1. The zero-order valence-corrected chi connectivity index (χ0v) is 17.0. The van der Waals surface area contributed by atoms with Crippen molar-refractivity contribution in [2.24, 2.45) is 0 Å². The van der Waals surface area contributed by atoms with Gasteiger partial charge in [0.2, 0.25) is 0 Å². The van der Waals surface area contributed by atoms with Crippen molar-refractivity contribution < 1.29 is 24.2 Å². The molecular weight excluding hydrogens is 406 g/mol. The van der Waals surface area contributed by atoms with Gasteiger partial charge in [-0.25, -0.2) is 4.79 Å². The van der Waals surface area contributed by atoms with Crippen LogP contribution in [0.2, 0.25) is 0 Å². The van der Waals surface area contributed by atoms with Gasteiger partial charge in [-0.1, -0.05) is 12.1 Å². The molecule has 0 radical (unpaired) electrons. The first kappa shape index (κ1) is 21.0.